The van der Waals surface area contributed by atoms with Crippen molar-refractivity contribution in [2.24, 2.45) is 0 Å². The lowest BCUT2D eigenvalue weighted by Crippen LogP contribution is -2.59. The van der Waals surface area contributed by atoms with E-state index in [0.29, 0.717) is 0 Å². The molecule has 5 aromatic carbocycles. The monoisotopic (exact) mass is 645 g/mol. The molecule has 48 heavy (non-hydrogen) atoms. The van der Waals surface area contributed by atoms with Crippen molar-refractivity contribution in [1.29, 1.82) is 0 Å². The van der Waals surface area contributed by atoms with Crippen molar-refractivity contribution in [3.05, 3.63) is 130 Å². The first kappa shape index (κ1) is 31.6. The zero-order chi connectivity index (χ0) is 34.1. The molecule has 5 aromatic rings. The predicted molar refractivity (Wildman–Crippen MR) is 209 cm³/mol. The summed E-state index contributed by atoms with van der Waals surface area (Å²) in [6.45, 7) is 26.0. The van der Waals surface area contributed by atoms with Gasteiger partial charge in [-0.3, -0.25) is 0 Å². The second-order valence-electron chi connectivity index (χ2n) is 17.6. The minimum atomic E-state index is -0.163. The maximum atomic E-state index is 2.72. The van der Waals surface area contributed by atoms with Crippen LogP contribution >= 0.6 is 11.8 Å². The molecule has 8 rings (SSSR count). The van der Waals surface area contributed by atoms with Gasteiger partial charge in [0.2, 0.25) is 0 Å². The molecule has 0 spiro atoms. The Bertz CT molecular complexity index is 2160. The number of benzene rings is 5. The molecule has 0 bridgehead atoms. The molecule has 0 saturated carbocycles. The highest BCUT2D eigenvalue weighted by atomic mass is 32.2. The molecule has 0 amide bonds. The number of anilines is 2. The number of hydrogen-bond donors (Lipinski definition) is 0. The third kappa shape index (κ3) is 4.53. The quantitative estimate of drug-likeness (QED) is 0.167. The van der Waals surface area contributed by atoms with Gasteiger partial charge in [-0.05, 0) is 85.8 Å². The second kappa shape index (κ2) is 10.2. The van der Waals surface area contributed by atoms with Gasteiger partial charge < -0.3 is 4.81 Å². The molecule has 0 aliphatic carbocycles. The SMILES string of the molecule is Cc1ccc2c(c1)-c1cc(C(C)(C)C)cc3c1N(B2c1ccc2c(c1)Sc1ccccc1C2(C)C)c1ccc(C(C)(C)C)cc1C3(C)C. The van der Waals surface area contributed by atoms with Gasteiger partial charge in [0.25, 0.3) is 0 Å². The number of fused-ring (bicyclic) bond motifs is 6. The molecule has 3 heteroatoms. The van der Waals surface area contributed by atoms with E-state index in [9.17, 15) is 0 Å². The van der Waals surface area contributed by atoms with Crippen molar-refractivity contribution in [2.45, 2.75) is 108 Å². The minimum absolute atomic E-state index is 0.0274. The van der Waals surface area contributed by atoms with Gasteiger partial charge in [-0.15, -0.1) is 0 Å². The summed E-state index contributed by atoms with van der Waals surface area (Å²) in [6, 6.07) is 35.9. The van der Waals surface area contributed by atoms with Crippen LogP contribution in [-0.4, -0.2) is 6.85 Å². The Morgan fingerprint density at radius 3 is 1.98 bits per heavy atom. The molecule has 3 heterocycles. The minimum Gasteiger partial charge on any atom is -0.376 e. The molecule has 0 aromatic heterocycles. The fraction of sp³-hybridized carbons (Fsp3) is 0.333. The average Bonchev–Trinajstić information content (AvgIpc) is 3.02. The van der Waals surface area contributed by atoms with Crippen molar-refractivity contribution >= 4 is 40.9 Å². The lowest BCUT2D eigenvalue weighted by Gasteiger charge is -2.49. The van der Waals surface area contributed by atoms with Crippen molar-refractivity contribution in [2.75, 3.05) is 4.81 Å². The van der Waals surface area contributed by atoms with Gasteiger partial charge in [-0.2, -0.15) is 0 Å². The summed E-state index contributed by atoms with van der Waals surface area (Å²) in [5.74, 6) is 0. The lowest BCUT2D eigenvalue weighted by atomic mass is 9.44. The fourth-order valence-electron chi connectivity index (χ4n) is 8.51. The van der Waals surface area contributed by atoms with Crippen LogP contribution in [0.5, 0.6) is 0 Å². The molecule has 3 aliphatic rings. The van der Waals surface area contributed by atoms with Crippen LogP contribution in [0.3, 0.4) is 0 Å². The first-order valence-electron chi connectivity index (χ1n) is 17.6. The van der Waals surface area contributed by atoms with Crippen LogP contribution in [0.25, 0.3) is 11.1 Å². The zero-order valence-electron chi connectivity index (χ0n) is 30.6. The van der Waals surface area contributed by atoms with E-state index in [-0.39, 0.29) is 28.5 Å². The Hall–Kier alpha value is -3.69. The van der Waals surface area contributed by atoms with Crippen LogP contribution in [0.1, 0.15) is 108 Å². The van der Waals surface area contributed by atoms with Crippen molar-refractivity contribution in [3.8, 4) is 11.1 Å². The molecule has 242 valence electrons. The van der Waals surface area contributed by atoms with Gasteiger partial charge in [0.15, 0.2) is 0 Å². The Balaban J connectivity index is 1.44. The third-order valence-corrected chi connectivity index (χ3v) is 12.6. The van der Waals surface area contributed by atoms with E-state index in [4.69, 9.17) is 0 Å². The highest BCUT2D eigenvalue weighted by Crippen LogP contribution is 2.56. The van der Waals surface area contributed by atoms with Crippen LogP contribution in [-0.2, 0) is 21.7 Å². The summed E-state index contributed by atoms with van der Waals surface area (Å²) in [4.78, 5) is 5.46. The number of hydrogen-bond acceptors (Lipinski definition) is 2. The summed E-state index contributed by atoms with van der Waals surface area (Å²) in [5, 5.41) is 0. The third-order valence-electron chi connectivity index (χ3n) is 11.5. The van der Waals surface area contributed by atoms with Gasteiger partial charge in [0.1, 0.15) is 0 Å². The van der Waals surface area contributed by atoms with E-state index in [1.807, 2.05) is 11.8 Å². The van der Waals surface area contributed by atoms with E-state index in [0.717, 1.165) is 0 Å². The van der Waals surface area contributed by atoms with Crippen molar-refractivity contribution < 1.29 is 0 Å². The molecule has 0 N–H and O–H groups in total. The molecule has 0 radical (unpaired) electrons. The maximum absolute atomic E-state index is 2.72. The largest absolute Gasteiger partial charge is 0.376 e. The van der Waals surface area contributed by atoms with Gasteiger partial charge >= 0.3 is 6.85 Å². The van der Waals surface area contributed by atoms with E-state index in [1.54, 1.807) is 0 Å². The Morgan fingerprint density at radius 1 is 0.583 bits per heavy atom. The maximum Gasteiger partial charge on any atom is 0.328 e. The molecular formula is C45H48BNS. The molecule has 0 unspecified atom stereocenters. The first-order valence-corrected chi connectivity index (χ1v) is 18.5. The topological polar surface area (TPSA) is 3.24 Å². The van der Waals surface area contributed by atoms with E-state index in [2.05, 4.69) is 172 Å². The highest BCUT2D eigenvalue weighted by Gasteiger charge is 2.47. The Labute approximate surface area is 293 Å². The van der Waals surface area contributed by atoms with Gasteiger partial charge in [-0.25, -0.2) is 0 Å². The first-order chi connectivity index (χ1) is 22.5. The number of nitrogens with zero attached hydrogens (tertiary/aromatic N) is 1. The van der Waals surface area contributed by atoms with Crippen LogP contribution < -0.4 is 15.7 Å². The Morgan fingerprint density at radius 2 is 1.25 bits per heavy atom. The van der Waals surface area contributed by atoms with Crippen molar-refractivity contribution in [1.82, 2.24) is 0 Å². The zero-order valence-corrected chi connectivity index (χ0v) is 31.4. The molecule has 0 atom stereocenters. The lowest BCUT2D eigenvalue weighted by molar-refractivity contribution is 0.574. The molecular weight excluding hydrogens is 597 g/mol. The molecule has 0 fully saturated rings. The van der Waals surface area contributed by atoms with Gasteiger partial charge in [0, 0.05) is 37.6 Å². The smallest absolute Gasteiger partial charge is 0.328 e. The summed E-state index contributed by atoms with van der Waals surface area (Å²) in [6.07, 6.45) is 0. The van der Waals surface area contributed by atoms with Gasteiger partial charge in [-0.1, -0.05) is 159 Å². The van der Waals surface area contributed by atoms with Crippen LogP contribution in [0.2, 0.25) is 0 Å². The predicted octanol–water partition coefficient (Wildman–Crippen LogP) is 10.9. The van der Waals surface area contributed by atoms with Crippen LogP contribution in [0.15, 0.2) is 101 Å². The Kier molecular flexibility index (Phi) is 6.69. The van der Waals surface area contributed by atoms with Crippen LogP contribution in [0, 0.1) is 6.92 Å². The standard InChI is InChI=1S/C45H48BNS/c1-27-16-20-37-31(22-27)32-23-29(43(5,6)7)25-36-41(32)47(38-21-17-28(42(2,3)4)24-35(38)45(36,10)11)46(37)30-18-19-34-40(26-30)48-39-15-13-12-14-33(39)44(34,8)9/h12-26H,1-11H3. The average molecular weight is 646 g/mol. The summed E-state index contributed by atoms with van der Waals surface area (Å²) >= 11 is 1.93. The van der Waals surface area contributed by atoms with E-state index in [1.165, 1.54) is 82.2 Å². The van der Waals surface area contributed by atoms with Gasteiger partial charge in [0.05, 0.1) is 0 Å². The number of rotatable bonds is 1. The summed E-state index contributed by atoms with van der Waals surface area (Å²) in [5.41, 5.74) is 17.9. The molecule has 3 aliphatic heterocycles. The number of aryl methyl sites for hydroxylation is 1. The second-order valence-corrected chi connectivity index (χ2v) is 18.7. The highest BCUT2D eigenvalue weighted by molar-refractivity contribution is 7.99. The van der Waals surface area contributed by atoms with Crippen LogP contribution in [0.4, 0.5) is 11.4 Å². The normalized spacial score (nSPS) is 16.8. The van der Waals surface area contributed by atoms with E-state index >= 15 is 0 Å². The molecule has 1 nitrogen and oxygen atoms in total. The summed E-state index contributed by atoms with van der Waals surface area (Å²) < 4.78 is 0. The van der Waals surface area contributed by atoms with E-state index < -0.39 is 0 Å². The fourth-order valence-corrected chi connectivity index (χ4v) is 9.96. The molecule has 0 saturated heterocycles. The van der Waals surface area contributed by atoms with Crippen molar-refractivity contribution in [3.63, 3.8) is 0 Å². The summed E-state index contributed by atoms with van der Waals surface area (Å²) in [7, 11) is 0.